The van der Waals surface area contributed by atoms with Gasteiger partial charge in [0.1, 0.15) is 12.2 Å². The van der Waals surface area contributed by atoms with Gasteiger partial charge in [0, 0.05) is 22.5 Å². The molecule has 0 radical (unpaired) electrons. The highest BCUT2D eigenvalue weighted by molar-refractivity contribution is 6.30. The molecule has 140 valence electrons. The van der Waals surface area contributed by atoms with Gasteiger partial charge >= 0.3 is 0 Å². The molecule has 4 rings (SSSR count). The quantitative estimate of drug-likeness (QED) is 0.549. The van der Waals surface area contributed by atoms with E-state index < -0.39 is 0 Å². The molecule has 2 aromatic heterocycles. The third-order valence-electron chi connectivity index (χ3n) is 4.10. The van der Waals surface area contributed by atoms with Gasteiger partial charge in [-0.1, -0.05) is 41.0 Å². The Hall–Kier alpha value is -3.45. The highest BCUT2D eigenvalue weighted by atomic mass is 35.5. The molecule has 1 N–H and O–H groups in total. The van der Waals surface area contributed by atoms with E-state index in [1.807, 2.05) is 31.2 Å². The molecule has 0 saturated heterocycles. The summed E-state index contributed by atoms with van der Waals surface area (Å²) in [6.45, 7) is 2.08. The Morgan fingerprint density at radius 3 is 2.89 bits per heavy atom. The summed E-state index contributed by atoms with van der Waals surface area (Å²) in [5.74, 6) is 0.605. The second kappa shape index (κ2) is 7.66. The van der Waals surface area contributed by atoms with E-state index in [1.165, 1.54) is 0 Å². The summed E-state index contributed by atoms with van der Waals surface area (Å²) in [5, 5.41) is 7.35. The van der Waals surface area contributed by atoms with Gasteiger partial charge in [0.15, 0.2) is 0 Å². The van der Waals surface area contributed by atoms with Gasteiger partial charge in [-0.15, -0.1) is 0 Å². The van der Waals surface area contributed by atoms with Gasteiger partial charge in [-0.25, -0.2) is 4.98 Å². The van der Waals surface area contributed by atoms with Gasteiger partial charge in [0.05, 0.1) is 6.33 Å². The van der Waals surface area contributed by atoms with Crippen LogP contribution in [0.4, 0.5) is 5.69 Å². The maximum atomic E-state index is 12.2. The number of aromatic nitrogens is 4. The number of aryl methyl sites for hydroxylation is 1. The van der Waals surface area contributed by atoms with E-state index in [0.29, 0.717) is 28.1 Å². The minimum absolute atomic E-state index is 0.0992. The number of hydrogen-bond donors (Lipinski definition) is 1. The summed E-state index contributed by atoms with van der Waals surface area (Å²) >= 11 is 5.93. The Bertz CT molecular complexity index is 1130. The van der Waals surface area contributed by atoms with Crippen molar-refractivity contribution in [3.8, 4) is 23.0 Å². The molecule has 0 aliphatic carbocycles. The molecule has 0 bridgehead atoms. The first-order chi connectivity index (χ1) is 13.6. The van der Waals surface area contributed by atoms with Crippen LogP contribution in [0.1, 0.15) is 5.56 Å². The van der Waals surface area contributed by atoms with E-state index in [1.54, 1.807) is 41.4 Å². The van der Waals surface area contributed by atoms with Crippen molar-refractivity contribution in [2.75, 3.05) is 5.32 Å². The number of rotatable bonds is 5. The molecule has 0 saturated carbocycles. The normalized spacial score (nSPS) is 10.8. The minimum Gasteiger partial charge on any atom is -0.334 e. The summed E-state index contributed by atoms with van der Waals surface area (Å²) in [6.07, 6.45) is 3.25. The van der Waals surface area contributed by atoms with E-state index in [2.05, 4.69) is 20.4 Å². The average molecular weight is 394 g/mol. The average Bonchev–Trinajstić information content (AvgIpc) is 3.31. The lowest BCUT2D eigenvalue weighted by Gasteiger charge is -2.05. The summed E-state index contributed by atoms with van der Waals surface area (Å²) in [7, 11) is 0. The molecule has 0 atom stereocenters. The largest absolute Gasteiger partial charge is 0.334 e. The van der Waals surface area contributed by atoms with Crippen molar-refractivity contribution >= 4 is 23.2 Å². The molecule has 28 heavy (non-hydrogen) atoms. The van der Waals surface area contributed by atoms with Gasteiger partial charge in [0.2, 0.25) is 11.7 Å². The Morgan fingerprint density at radius 2 is 2.07 bits per heavy atom. The number of halogens is 1. The number of hydrogen-bond acceptors (Lipinski definition) is 5. The number of benzene rings is 2. The van der Waals surface area contributed by atoms with Crippen LogP contribution in [0.25, 0.3) is 23.0 Å². The van der Waals surface area contributed by atoms with Crippen molar-refractivity contribution in [1.82, 2.24) is 19.7 Å². The number of nitrogens with one attached hydrogen (secondary N) is 1. The van der Waals surface area contributed by atoms with Crippen LogP contribution >= 0.6 is 11.6 Å². The predicted molar refractivity (Wildman–Crippen MR) is 106 cm³/mol. The second-order valence-corrected chi connectivity index (χ2v) is 6.66. The molecule has 4 aromatic rings. The Morgan fingerprint density at radius 1 is 1.21 bits per heavy atom. The van der Waals surface area contributed by atoms with Crippen LogP contribution in [0.15, 0.2) is 65.6 Å². The molecule has 0 unspecified atom stereocenters. The standard InChI is InChI=1S/C20H16ClN5O2/c1-13-5-2-3-8-16(13)20-24-19(25-28-20)17-10-26(12-22-17)11-18(27)23-15-7-4-6-14(21)9-15/h2-10,12H,11H2,1H3,(H,23,27). The minimum atomic E-state index is -0.195. The topological polar surface area (TPSA) is 85.8 Å². The number of carbonyl (C=O) groups is 1. The van der Waals surface area contributed by atoms with Crippen molar-refractivity contribution in [1.29, 1.82) is 0 Å². The zero-order chi connectivity index (χ0) is 19.5. The number of amides is 1. The van der Waals surface area contributed by atoms with Gasteiger partial charge < -0.3 is 14.4 Å². The van der Waals surface area contributed by atoms with Gasteiger partial charge in [-0.2, -0.15) is 4.98 Å². The summed E-state index contributed by atoms with van der Waals surface area (Å²) in [6, 6.07) is 14.7. The zero-order valence-electron chi connectivity index (χ0n) is 15.0. The number of anilines is 1. The summed E-state index contributed by atoms with van der Waals surface area (Å²) in [5.41, 5.74) is 3.08. The molecule has 7 nitrogen and oxygen atoms in total. The lowest BCUT2D eigenvalue weighted by atomic mass is 10.1. The van der Waals surface area contributed by atoms with Crippen LogP contribution in [0.2, 0.25) is 5.02 Å². The molecule has 0 aliphatic heterocycles. The first kappa shape index (κ1) is 17.9. The molecule has 2 aromatic carbocycles. The second-order valence-electron chi connectivity index (χ2n) is 6.23. The fourth-order valence-electron chi connectivity index (χ4n) is 2.74. The summed E-state index contributed by atoms with van der Waals surface area (Å²) < 4.78 is 7.02. The van der Waals surface area contributed by atoms with Crippen LogP contribution < -0.4 is 5.32 Å². The molecular formula is C20H16ClN5O2. The van der Waals surface area contributed by atoms with Crippen molar-refractivity contribution in [3.05, 3.63) is 71.6 Å². The Labute approximate surface area is 166 Å². The first-order valence-electron chi connectivity index (χ1n) is 8.56. The summed E-state index contributed by atoms with van der Waals surface area (Å²) in [4.78, 5) is 20.9. The van der Waals surface area contributed by atoms with E-state index in [-0.39, 0.29) is 12.5 Å². The van der Waals surface area contributed by atoms with Gasteiger partial charge in [-0.3, -0.25) is 4.79 Å². The first-order valence-corrected chi connectivity index (χ1v) is 8.93. The number of carbonyl (C=O) groups excluding carboxylic acids is 1. The predicted octanol–water partition coefficient (Wildman–Crippen LogP) is 4.20. The SMILES string of the molecule is Cc1ccccc1-c1nc(-c2cn(CC(=O)Nc3cccc(Cl)c3)cn2)no1. The van der Waals surface area contributed by atoms with Crippen LogP contribution in [0, 0.1) is 6.92 Å². The highest BCUT2D eigenvalue weighted by Crippen LogP contribution is 2.24. The monoisotopic (exact) mass is 393 g/mol. The molecule has 8 heteroatoms. The van der Waals surface area contributed by atoms with E-state index >= 15 is 0 Å². The maximum absolute atomic E-state index is 12.2. The fraction of sp³-hybridized carbons (Fsp3) is 0.100. The number of imidazole rings is 1. The molecule has 2 heterocycles. The van der Waals surface area contributed by atoms with E-state index in [0.717, 1.165) is 11.1 Å². The van der Waals surface area contributed by atoms with Crippen molar-refractivity contribution < 1.29 is 9.32 Å². The van der Waals surface area contributed by atoms with Crippen LogP contribution in [0.3, 0.4) is 0 Å². The molecule has 0 fully saturated rings. The highest BCUT2D eigenvalue weighted by Gasteiger charge is 2.15. The van der Waals surface area contributed by atoms with Crippen molar-refractivity contribution in [2.45, 2.75) is 13.5 Å². The molecule has 1 amide bonds. The molecular weight excluding hydrogens is 378 g/mol. The Balaban J connectivity index is 1.46. The lowest BCUT2D eigenvalue weighted by molar-refractivity contribution is -0.116. The van der Waals surface area contributed by atoms with Gasteiger partial charge in [-0.05, 0) is 36.8 Å². The Kier molecular flexibility index (Phi) is 4.90. The zero-order valence-corrected chi connectivity index (χ0v) is 15.7. The third kappa shape index (κ3) is 3.94. The van der Waals surface area contributed by atoms with Crippen LogP contribution in [-0.2, 0) is 11.3 Å². The fourth-order valence-corrected chi connectivity index (χ4v) is 2.93. The smallest absolute Gasteiger partial charge is 0.258 e. The molecule has 0 aliphatic rings. The van der Waals surface area contributed by atoms with E-state index in [9.17, 15) is 4.79 Å². The van der Waals surface area contributed by atoms with E-state index in [4.69, 9.17) is 16.1 Å². The van der Waals surface area contributed by atoms with Crippen molar-refractivity contribution in [3.63, 3.8) is 0 Å². The lowest BCUT2D eigenvalue weighted by Crippen LogP contribution is -2.17. The third-order valence-corrected chi connectivity index (χ3v) is 4.33. The molecule has 0 spiro atoms. The van der Waals surface area contributed by atoms with Crippen LogP contribution in [-0.4, -0.2) is 25.6 Å². The van der Waals surface area contributed by atoms with Crippen LogP contribution in [0.5, 0.6) is 0 Å². The number of nitrogens with zero attached hydrogens (tertiary/aromatic N) is 4. The van der Waals surface area contributed by atoms with Crippen molar-refractivity contribution in [2.24, 2.45) is 0 Å². The van der Waals surface area contributed by atoms with Gasteiger partial charge in [0.25, 0.3) is 5.89 Å². The maximum Gasteiger partial charge on any atom is 0.258 e.